The van der Waals surface area contributed by atoms with E-state index in [0.29, 0.717) is 0 Å². The zero-order valence-electron chi connectivity index (χ0n) is 18.8. The molecule has 0 aromatic heterocycles. The molecule has 0 radical (unpaired) electrons. The fourth-order valence-electron chi connectivity index (χ4n) is 3.68. The average molecular weight is 404 g/mol. The first-order valence-corrected chi connectivity index (χ1v) is 10.8. The molecule has 0 bridgehead atoms. The Kier molecular flexibility index (Phi) is 6.04. The second-order valence-corrected chi connectivity index (χ2v) is 8.29. The average Bonchev–Trinajstić information content (AvgIpc) is 2.77. The Morgan fingerprint density at radius 1 is 0.484 bits per heavy atom. The van der Waals surface area contributed by atoms with Gasteiger partial charge in [-0.1, -0.05) is 83.4 Å². The molecule has 31 heavy (non-hydrogen) atoms. The predicted molar refractivity (Wildman–Crippen MR) is 135 cm³/mol. The van der Waals surface area contributed by atoms with Crippen LogP contribution < -0.4 is 4.90 Å². The molecular weight excluding hydrogens is 374 g/mol. The number of anilines is 3. The second-order valence-electron chi connectivity index (χ2n) is 8.29. The minimum atomic E-state index is 1.16. The van der Waals surface area contributed by atoms with Crippen LogP contribution in [0.4, 0.5) is 17.1 Å². The molecule has 0 aliphatic carbocycles. The van der Waals surface area contributed by atoms with Crippen LogP contribution >= 0.6 is 0 Å². The van der Waals surface area contributed by atoms with E-state index < -0.39 is 0 Å². The zero-order chi connectivity index (χ0) is 21.8. The molecule has 4 rings (SSSR count). The third-order valence-electron chi connectivity index (χ3n) is 5.63. The summed E-state index contributed by atoms with van der Waals surface area (Å²) in [6, 6.07) is 32.7. The maximum absolute atomic E-state index is 2.32. The van der Waals surface area contributed by atoms with E-state index in [4.69, 9.17) is 0 Å². The first-order valence-electron chi connectivity index (χ1n) is 10.8. The maximum atomic E-state index is 2.32. The van der Waals surface area contributed by atoms with E-state index >= 15 is 0 Å². The van der Waals surface area contributed by atoms with Crippen LogP contribution in [0.2, 0.25) is 0 Å². The number of rotatable bonds is 5. The van der Waals surface area contributed by atoms with E-state index in [1.54, 1.807) is 0 Å². The third kappa shape index (κ3) is 4.95. The molecule has 0 aliphatic rings. The van der Waals surface area contributed by atoms with Crippen molar-refractivity contribution in [1.29, 1.82) is 0 Å². The summed E-state index contributed by atoms with van der Waals surface area (Å²) in [4.78, 5) is 2.32. The summed E-state index contributed by atoms with van der Waals surface area (Å²) < 4.78 is 0. The molecule has 0 atom stereocenters. The largest absolute Gasteiger partial charge is 0.310 e. The summed E-state index contributed by atoms with van der Waals surface area (Å²) in [7, 11) is 0. The molecule has 0 aliphatic heterocycles. The van der Waals surface area contributed by atoms with Crippen LogP contribution in [0.5, 0.6) is 0 Å². The molecule has 0 heterocycles. The van der Waals surface area contributed by atoms with Gasteiger partial charge in [0, 0.05) is 17.1 Å². The number of hydrogen-bond acceptors (Lipinski definition) is 1. The van der Waals surface area contributed by atoms with E-state index in [2.05, 4.69) is 136 Å². The smallest absolute Gasteiger partial charge is 0.0464 e. The van der Waals surface area contributed by atoms with Crippen molar-refractivity contribution in [2.45, 2.75) is 27.7 Å². The summed E-state index contributed by atoms with van der Waals surface area (Å²) >= 11 is 0. The molecule has 0 saturated heterocycles. The van der Waals surface area contributed by atoms with Crippen LogP contribution in [0.15, 0.2) is 91.0 Å². The van der Waals surface area contributed by atoms with Gasteiger partial charge in [0.15, 0.2) is 0 Å². The SMILES string of the molecule is Cc1ccc(/C=C/c2ccc(N(c3ccc(C)cc3)c3ccc(C)cc3)cc2C)cc1. The number of aryl methyl sites for hydroxylation is 4. The minimum absolute atomic E-state index is 1.16. The topological polar surface area (TPSA) is 3.24 Å². The molecule has 4 aromatic rings. The fourth-order valence-corrected chi connectivity index (χ4v) is 3.68. The van der Waals surface area contributed by atoms with Gasteiger partial charge < -0.3 is 4.90 Å². The highest BCUT2D eigenvalue weighted by molar-refractivity contribution is 5.79. The van der Waals surface area contributed by atoms with Gasteiger partial charge >= 0.3 is 0 Å². The van der Waals surface area contributed by atoms with Crippen molar-refractivity contribution < 1.29 is 0 Å². The normalized spacial score (nSPS) is 11.1. The van der Waals surface area contributed by atoms with E-state index in [1.165, 1.54) is 33.4 Å². The van der Waals surface area contributed by atoms with Gasteiger partial charge in [0.2, 0.25) is 0 Å². The van der Waals surface area contributed by atoms with E-state index in [1.807, 2.05) is 0 Å². The van der Waals surface area contributed by atoms with Crippen LogP contribution in [0.25, 0.3) is 12.2 Å². The zero-order valence-corrected chi connectivity index (χ0v) is 18.8. The van der Waals surface area contributed by atoms with Crippen molar-refractivity contribution in [3.63, 3.8) is 0 Å². The summed E-state index contributed by atoms with van der Waals surface area (Å²) in [5.74, 6) is 0. The van der Waals surface area contributed by atoms with Crippen LogP contribution in [-0.2, 0) is 0 Å². The van der Waals surface area contributed by atoms with Crippen LogP contribution in [0.1, 0.15) is 33.4 Å². The van der Waals surface area contributed by atoms with Crippen LogP contribution in [-0.4, -0.2) is 0 Å². The monoisotopic (exact) mass is 403 g/mol. The van der Waals surface area contributed by atoms with Gasteiger partial charge in [-0.15, -0.1) is 0 Å². The molecular formula is C30H29N. The van der Waals surface area contributed by atoms with Crippen molar-refractivity contribution in [3.8, 4) is 0 Å². The molecule has 1 nitrogen and oxygen atoms in total. The van der Waals surface area contributed by atoms with Crippen LogP contribution in [0.3, 0.4) is 0 Å². The Morgan fingerprint density at radius 3 is 1.42 bits per heavy atom. The predicted octanol–water partition coefficient (Wildman–Crippen LogP) is 8.56. The lowest BCUT2D eigenvalue weighted by Crippen LogP contribution is -2.10. The molecule has 154 valence electrons. The van der Waals surface area contributed by atoms with Gasteiger partial charge in [-0.05, 0) is 80.8 Å². The second kappa shape index (κ2) is 9.06. The molecule has 1 heteroatoms. The summed E-state index contributed by atoms with van der Waals surface area (Å²) in [5, 5.41) is 0. The van der Waals surface area contributed by atoms with E-state index in [9.17, 15) is 0 Å². The minimum Gasteiger partial charge on any atom is -0.310 e. The maximum Gasteiger partial charge on any atom is 0.0464 e. The lowest BCUT2D eigenvalue weighted by Gasteiger charge is -2.26. The quantitative estimate of drug-likeness (QED) is 0.302. The Balaban J connectivity index is 1.70. The van der Waals surface area contributed by atoms with Crippen molar-refractivity contribution in [2.24, 2.45) is 0 Å². The van der Waals surface area contributed by atoms with Crippen LogP contribution in [0, 0.1) is 27.7 Å². The summed E-state index contributed by atoms with van der Waals surface area (Å²) in [5.41, 5.74) is 11.0. The van der Waals surface area contributed by atoms with Crippen molar-refractivity contribution in [3.05, 3.63) is 124 Å². The van der Waals surface area contributed by atoms with Gasteiger partial charge in [0.1, 0.15) is 0 Å². The van der Waals surface area contributed by atoms with Crippen molar-refractivity contribution >= 4 is 29.2 Å². The molecule has 4 aromatic carbocycles. The van der Waals surface area contributed by atoms with Gasteiger partial charge in [0.05, 0.1) is 0 Å². The molecule has 0 spiro atoms. The fraction of sp³-hybridized carbons (Fsp3) is 0.133. The molecule has 0 saturated carbocycles. The Bertz CT molecular complexity index is 1140. The van der Waals surface area contributed by atoms with Gasteiger partial charge in [-0.25, -0.2) is 0 Å². The Morgan fingerprint density at radius 2 is 0.935 bits per heavy atom. The molecule has 0 unspecified atom stereocenters. The molecule has 0 N–H and O–H groups in total. The third-order valence-corrected chi connectivity index (χ3v) is 5.63. The number of hydrogen-bond donors (Lipinski definition) is 0. The highest BCUT2D eigenvalue weighted by Gasteiger charge is 2.13. The van der Waals surface area contributed by atoms with Gasteiger partial charge in [-0.2, -0.15) is 0 Å². The summed E-state index contributed by atoms with van der Waals surface area (Å²) in [6.45, 7) is 8.55. The highest BCUT2D eigenvalue weighted by atomic mass is 15.1. The molecule has 0 fully saturated rings. The van der Waals surface area contributed by atoms with E-state index in [-0.39, 0.29) is 0 Å². The number of benzene rings is 4. The van der Waals surface area contributed by atoms with Crippen molar-refractivity contribution in [1.82, 2.24) is 0 Å². The Hall–Kier alpha value is -3.58. The van der Waals surface area contributed by atoms with Gasteiger partial charge in [-0.3, -0.25) is 0 Å². The number of nitrogens with zero attached hydrogens (tertiary/aromatic N) is 1. The first kappa shape index (κ1) is 20.7. The standard InChI is InChI=1S/C30H29N/c1-22-5-11-26(12-6-22)13-14-27-15-20-30(21-25(27)4)31(28-16-7-23(2)8-17-28)29-18-9-24(3)10-19-29/h5-21H,1-4H3/b14-13+. The first-order chi connectivity index (χ1) is 15.0. The lowest BCUT2D eigenvalue weighted by atomic mass is 10.0. The van der Waals surface area contributed by atoms with E-state index in [0.717, 1.165) is 17.1 Å². The summed E-state index contributed by atoms with van der Waals surface area (Å²) in [6.07, 6.45) is 4.38. The lowest BCUT2D eigenvalue weighted by molar-refractivity contribution is 1.25. The van der Waals surface area contributed by atoms with Gasteiger partial charge in [0.25, 0.3) is 0 Å². The van der Waals surface area contributed by atoms with Crippen molar-refractivity contribution in [2.75, 3.05) is 4.90 Å². The molecule has 0 amide bonds. The Labute approximate surface area is 186 Å². The highest BCUT2D eigenvalue weighted by Crippen LogP contribution is 2.35.